The third-order valence-corrected chi connectivity index (χ3v) is 7.01. The quantitative estimate of drug-likeness (QED) is 0.336. The third kappa shape index (κ3) is 6.26. The number of thiazole rings is 1. The lowest BCUT2D eigenvalue weighted by Crippen LogP contribution is -2.28. The second-order valence-electron chi connectivity index (χ2n) is 6.19. The van der Waals surface area contributed by atoms with Crippen LogP contribution in [0.3, 0.4) is 0 Å². The van der Waals surface area contributed by atoms with Crippen molar-refractivity contribution in [3.63, 3.8) is 0 Å². The number of thioether (sulfide) groups is 2. The van der Waals surface area contributed by atoms with E-state index in [1.54, 1.807) is 34.9 Å². The largest absolute Gasteiger partial charge is 0.347 e. The molecule has 3 nitrogen and oxygen atoms in total. The van der Waals surface area contributed by atoms with Gasteiger partial charge >= 0.3 is 0 Å². The van der Waals surface area contributed by atoms with Crippen molar-refractivity contribution in [3.8, 4) is 0 Å². The Balaban J connectivity index is 1.53. The molecule has 1 N–H and O–H groups in total. The minimum Gasteiger partial charge on any atom is -0.347 e. The third-order valence-electron chi connectivity index (χ3n) is 4.11. The van der Waals surface area contributed by atoms with Crippen LogP contribution >= 0.6 is 34.9 Å². The zero-order valence-corrected chi connectivity index (χ0v) is 17.8. The van der Waals surface area contributed by atoms with Gasteiger partial charge in [-0.1, -0.05) is 30.3 Å². The maximum atomic E-state index is 12.5. The molecule has 0 radical (unpaired) electrons. The van der Waals surface area contributed by atoms with Crippen LogP contribution in [0.4, 0.5) is 0 Å². The number of carbonyl (C=O) groups is 1. The molecule has 0 spiro atoms. The maximum Gasteiger partial charge on any atom is 0.220 e. The Kier molecular flexibility index (Phi) is 8.05. The molecule has 2 aromatic carbocycles. The number of para-hydroxylation sites is 1. The van der Waals surface area contributed by atoms with Crippen LogP contribution in [0.15, 0.2) is 59.5 Å². The van der Waals surface area contributed by atoms with Crippen LogP contribution in [0.1, 0.15) is 30.3 Å². The second kappa shape index (κ2) is 10.7. The Hall–Kier alpha value is -1.50. The average molecular weight is 417 g/mol. The molecule has 0 aliphatic rings. The molecule has 0 bridgehead atoms. The van der Waals surface area contributed by atoms with E-state index in [-0.39, 0.29) is 11.9 Å². The van der Waals surface area contributed by atoms with Crippen molar-refractivity contribution in [2.75, 3.05) is 17.8 Å². The van der Waals surface area contributed by atoms with Gasteiger partial charge < -0.3 is 5.32 Å². The van der Waals surface area contributed by atoms with Crippen molar-refractivity contribution in [2.24, 2.45) is 0 Å². The fourth-order valence-corrected chi connectivity index (χ4v) is 5.14. The summed E-state index contributed by atoms with van der Waals surface area (Å²) in [6.45, 7) is 0. The van der Waals surface area contributed by atoms with Gasteiger partial charge in [0.1, 0.15) is 5.01 Å². The number of fused-ring (bicyclic) bond motifs is 1. The van der Waals surface area contributed by atoms with Crippen LogP contribution in [0.25, 0.3) is 10.2 Å². The number of hydrogen-bond donors (Lipinski definition) is 1. The highest BCUT2D eigenvalue weighted by Crippen LogP contribution is 2.29. The number of benzene rings is 2. The highest BCUT2D eigenvalue weighted by molar-refractivity contribution is 7.99. The van der Waals surface area contributed by atoms with Crippen molar-refractivity contribution in [2.45, 2.75) is 30.2 Å². The summed E-state index contributed by atoms with van der Waals surface area (Å²) in [4.78, 5) is 18.5. The number of rotatable bonds is 10. The van der Waals surface area contributed by atoms with Gasteiger partial charge in [-0.3, -0.25) is 4.79 Å². The highest BCUT2D eigenvalue weighted by Gasteiger charge is 2.18. The Morgan fingerprint density at radius 2 is 1.89 bits per heavy atom. The first-order valence-corrected chi connectivity index (χ1v) is 12.3. The van der Waals surface area contributed by atoms with Gasteiger partial charge in [-0.05, 0) is 54.9 Å². The molecule has 0 saturated carbocycles. The van der Waals surface area contributed by atoms with Crippen LogP contribution in [0.5, 0.6) is 0 Å². The summed E-state index contributed by atoms with van der Waals surface area (Å²) in [6, 6.07) is 18.5. The molecule has 27 heavy (non-hydrogen) atoms. The normalized spacial score (nSPS) is 12.2. The van der Waals surface area contributed by atoms with Gasteiger partial charge in [0, 0.05) is 11.3 Å². The summed E-state index contributed by atoms with van der Waals surface area (Å²) in [7, 11) is 0. The molecule has 1 heterocycles. The van der Waals surface area contributed by atoms with E-state index >= 15 is 0 Å². The van der Waals surface area contributed by atoms with Gasteiger partial charge in [-0.2, -0.15) is 11.8 Å². The van der Waals surface area contributed by atoms with Gasteiger partial charge in [-0.25, -0.2) is 4.98 Å². The number of aromatic nitrogens is 1. The molecule has 142 valence electrons. The van der Waals surface area contributed by atoms with E-state index in [4.69, 9.17) is 4.98 Å². The molecule has 1 amide bonds. The lowest BCUT2D eigenvalue weighted by atomic mass is 10.2. The van der Waals surface area contributed by atoms with E-state index in [2.05, 4.69) is 29.8 Å². The standard InChI is InChI=1S/C21H24N2OS3/c1-25-15-13-18(21-23-17-10-5-6-11-19(17)27-21)22-20(24)12-7-14-26-16-8-3-2-4-9-16/h2-6,8-11,18H,7,12-15H2,1H3,(H,22,24). The first kappa shape index (κ1) is 20.2. The van der Waals surface area contributed by atoms with Gasteiger partial charge in [0.2, 0.25) is 5.91 Å². The molecule has 1 unspecified atom stereocenters. The predicted octanol–water partition coefficient (Wildman–Crippen LogP) is 5.78. The first-order valence-electron chi connectivity index (χ1n) is 9.08. The minimum absolute atomic E-state index is 0.00382. The summed E-state index contributed by atoms with van der Waals surface area (Å²) in [5.41, 5.74) is 1.01. The van der Waals surface area contributed by atoms with E-state index in [9.17, 15) is 4.79 Å². The number of nitrogens with zero attached hydrogens (tertiary/aromatic N) is 1. The van der Waals surface area contributed by atoms with Gasteiger partial charge in [0.15, 0.2) is 0 Å². The zero-order chi connectivity index (χ0) is 18.9. The second-order valence-corrected chi connectivity index (χ2v) is 9.40. The smallest absolute Gasteiger partial charge is 0.220 e. The van der Waals surface area contributed by atoms with Crippen LogP contribution < -0.4 is 5.32 Å². The number of hydrogen-bond acceptors (Lipinski definition) is 5. The monoisotopic (exact) mass is 416 g/mol. The topological polar surface area (TPSA) is 42.0 Å². The van der Waals surface area contributed by atoms with Crippen LogP contribution in [0, 0.1) is 0 Å². The van der Waals surface area contributed by atoms with E-state index < -0.39 is 0 Å². The van der Waals surface area contributed by atoms with Crippen LogP contribution in [-0.2, 0) is 4.79 Å². The van der Waals surface area contributed by atoms with Crippen molar-refractivity contribution in [3.05, 3.63) is 59.6 Å². The van der Waals surface area contributed by atoms with Crippen LogP contribution in [-0.4, -0.2) is 28.7 Å². The Morgan fingerprint density at radius 3 is 2.67 bits per heavy atom. The Bertz CT molecular complexity index is 818. The number of amides is 1. The Labute approximate surface area is 173 Å². The molecule has 3 aromatic rings. The minimum atomic E-state index is 0.00382. The number of nitrogens with one attached hydrogen (secondary N) is 1. The van der Waals surface area contributed by atoms with Crippen molar-refractivity contribution in [1.29, 1.82) is 0 Å². The summed E-state index contributed by atoms with van der Waals surface area (Å²) in [5, 5.41) is 4.23. The Morgan fingerprint density at radius 1 is 1.11 bits per heavy atom. The molecule has 0 aliphatic carbocycles. The van der Waals surface area contributed by atoms with Crippen molar-refractivity contribution < 1.29 is 4.79 Å². The lowest BCUT2D eigenvalue weighted by Gasteiger charge is -2.16. The fourth-order valence-electron chi connectivity index (χ4n) is 2.74. The fraction of sp³-hybridized carbons (Fsp3) is 0.333. The van der Waals surface area contributed by atoms with Gasteiger partial charge in [0.25, 0.3) is 0 Å². The summed E-state index contributed by atoms with van der Waals surface area (Å²) < 4.78 is 1.18. The lowest BCUT2D eigenvalue weighted by molar-refractivity contribution is -0.121. The molecule has 1 atom stereocenters. The number of carbonyl (C=O) groups excluding carboxylic acids is 1. The first-order chi connectivity index (χ1) is 13.3. The van der Waals surface area contributed by atoms with E-state index in [1.807, 2.05) is 36.4 Å². The van der Waals surface area contributed by atoms with E-state index in [0.717, 1.165) is 34.9 Å². The van der Waals surface area contributed by atoms with Gasteiger partial charge in [0.05, 0.1) is 16.3 Å². The summed E-state index contributed by atoms with van der Waals surface area (Å²) in [5.74, 6) is 2.08. The summed E-state index contributed by atoms with van der Waals surface area (Å²) >= 11 is 5.29. The maximum absolute atomic E-state index is 12.5. The van der Waals surface area contributed by atoms with Crippen LogP contribution in [0.2, 0.25) is 0 Å². The molecular weight excluding hydrogens is 392 g/mol. The zero-order valence-electron chi connectivity index (χ0n) is 15.4. The molecule has 0 fully saturated rings. The SMILES string of the molecule is CSCCC(NC(=O)CCCSc1ccccc1)c1nc2ccccc2s1. The average Bonchev–Trinajstić information content (AvgIpc) is 3.13. The molecule has 0 saturated heterocycles. The van der Waals surface area contributed by atoms with Crippen molar-refractivity contribution >= 4 is 51.0 Å². The molecule has 0 aliphatic heterocycles. The van der Waals surface area contributed by atoms with E-state index in [1.165, 1.54) is 9.60 Å². The summed E-state index contributed by atoms with van der Waals surface area (Å²) in [6.07, 6.45) is 4.44. The van der Waals surface area contributed by atoms with Crippen molar-refractivity contribution in [1.82, 2.24) is 10.3 Å². The van der Waals surface area contributed by atoms with Gasteiger partial charge in [-0.15, -0.1) is 23.1 Å². The molecule has 1 aromatic heterocycles. The molecule has 6 heteroatoms. The molecular formula is C21H24N2OS3. The highest BCUT2D eigenvalue weighted by atomic mass is 32.2. The predicted molar refractivity (Wildman–Crippen MR) is 120 cm³/mol. The molecule has 3 rings (SSSR count). The van der Waals surface area contributed by atoms with E-state index in [0.29, 0.717) is 6.42 Å².